The summed E-state index contributed by atoms with van der Waals surface area (Å²) in [6.45, 7) is 20.6. The van der Waals surface area contributed by atoms with Gasteiger partial charge in [-0.05, 0) is 72.3 Å². The minimum atomic E-state index is -1.44. The van der Waals surface area contributed by atoms with Gasteiger partial charge in [0.05, 0.1) is 23.8 Å². The van der Waals surface area contributed by atoms with Crippen LogP contribution in [0.15, 0.2) is 54.8 Å². The molecule has 1 aromatic carbocycles. The number of hydrogen-bond acceptors (Lipinski definition) is 9. The molecular formula is C37H60N6O8. The summed E-state index contributed by atoms with van der Waals surface area (Å²) >= 11 is 0. The lowest BCUT2D eigenvalue weighted by molar-refractivity contribution is -0.180. The van der Waals surface area contributed by atoms with E-state index in [1.807, 2.05) is 58.0 Å². The summed E-state index contributed by atoms with van der Waals surface area (Å²) < 4.78 is 5.97. The third-order valence-electron chi connectivity index (χ3n) is 8.23. The molecule has 1 aliphatic carbocycles. The van der Waals surface area contributed by atoms with Gasteiger partial charge in [-0.15, -0.1) is 0 Å². The maximum absolute atomic E-state index is 13.7. The van der Waals surface area contributed by atoms with Crippen molar-refractivity contribution in [2.75, 3.05) is 13.1 Å². The molecule has 0 bridgehead atoms. The number of hydroxylamine groups is 1. The normalized spacial score (nSPS) is 17.4. The number of amides is 5. The van der Waals surface area contributed by atoms with Crippen molar-refractivity contribution in [3.63, 3.8) is 0 Å². The molecule has 1 heterocycles. The molecule has 5 amide bonds. The van der Waals surface area contributed by atoms with Gasteiger partial charge in [0.1, 0.15) is 6.04 Å². The first kappa shape index (κ1) is 44.8. The van der Waals surface area contributed by atoms with Crippen molar-refractivity contribution in [2.24, 2.45) is 11.7 Å². The first-order valence-corrected chi connectivity index (χ1v) is 17.3. The van der Waals surface area contributed by atoms with Gasteiger partial charge in [0.15, 0.2) is 6.10 Å². The summed E-state index contributed by atoms with van der Waals surface area (Å²) in [5.74, 6) is -1.01. The van der Waals surface area contributed by atoms with Gasteiger partial charge in [0.25, 0.3) is 5.91 Å². The van der Waals surface area contributed by atoms with Crippen LogP contribution in [0, 0.1) is 5.92 Å². The molecule has 2 aliphatic rings. The van der Waals surface area contributed by atoms with Crippen molar-refractivity contribution in [3.8, 4) is 0 Å². The zero-order chi connectivity index (χ0) is 38.9. The van der Waals surface area contributed by atoms with Crippen molar-refractivity contribution in [2.45, 2.75) is 122 Å². The van der Waals surface area contributed by atoms with Crippen LogP contribution in [0.25, 0.3) is 0 Å². The average molecular weight is 717 g/mol. The Morgan fingerprint density at radius 3 is 2.08 bits per heavy atom. The van der Waals surface area contributed by atoms with E-state index in [0.717, 1.165) is 24.8 Å². The van der Waals surface area contributed by atoms with Crippen LogP contribution < -0.4 is 27.2 Å². The second kappa shape index (κ2) is 21.2. The van der Waals surface area contributed by atoms with Crippen LogP contribution in [0.4, 0.5) is 0 Å². The third-order valence-corrected chi connectivity index (χ3v) is 8.23. The van der Waals surface area contributed by atoms with Crippen LogP contribution in [0.5, 0.6) is 0 Å². The fraction of sp³-hybridized carbons (Fsp3) is 0.595. The number of primary amides is 1. The number of rotatable bonds is 15. The molecule has 0 radical (unpaired) electrons. The molecule has 0 aromatic heterocycles. The van der Waals surface area contributed by atoms with Crippen LogP contribution >= 0.6 is 0 Å². The molecule has 3 rings (SSSR count). The van der Waals surface area contributed by atoms with Gasteiger partial charge in [-0.25, -0.2) is 5.48 Å². The maximum Gasteiger partial charge on any atom is 0.255 e. The van der Waals surface area contributed by atoms with E-state index in [0.29, 0.717) is 37.4 Å². The summed E-state index contributed by atoms with van der Waals surface area (Å²) in [6, 6.07) is 8.73. The van der Waals surface area contributed by atoms with E-state index in [-0.39, 0.29) is 42.3 Å². The van der Waals surface area contributed by atoms with Crippen LogP contribution in [-0.2, 0) is 28.7 Å². The molecule has 14 nitrogen and oxygen atoms in total. The van der Waals surface area contributed by atoms with Crippen LogP contribution in [0.2, 0.25) is 0 Å². The minimum Gasteiger partial charge on any atom is -0.387 e. The van der Waals surface area contributed by atoms with E-state index in [4.69, 9.17) is 14.7 Å². The van der Waals surface area contributed by atoms with E-state index < -0.39 is 35.3 Å². The number of carbonyl (C=O) groups excluding carboxylic acids is 5. The standard InChI is InChI=1S/C34H52N4O5.C2H5NO.CH3NO2/c1-22(36-24(3)26-16-10-9-11-17-26)21-35-30(39)23(2)27(20-25-14-12-15-25)37-31(40)28-18-13-19-38(28)32(41)29(34(7,8)42)43-33(4,5)6;1-2(3)4;3-1-2-4/h9-11,16-17,24-25,27-29,36,42H,1-2,12-15,18-21H2,3-8H3,(H,35,39)(H,37,40);1H3,(H2,3,4);1,4H,(H,2,3). The van der Waals surface area contributed by atoms with Crippen molar-refractivity contribution >= 4 is 30.0 Å². The maximum atomic E-state index is 13.7. The number of benzene rings is 1. The van der Waals surface area contributed by atoms with Gasteiger partial charge >= 0.3 is 0 Å². The summed E-state index contributed by atoms with van der Waals surface area (Å²) in [5.41, 5.74) is 5.67. The first-order chi connectivity index (χ1) is 23.7. The predicted molar refractivity (Wildman–Crippen MR) is 195 cm³/mol. The molecule has 2 fully saturated rings. The number of nitrogens with one attached hydrogen (secondary N) is 4. The monoisotopic (exact) mass is 716 g/mol. The highest BCUT2D eigenvalue weighted by Crippen LogP contribution is 2.32. The topological polar surface area (TPSA) is 212 Å². The average Bonchev–Trinajstić information content (AvgIpc) is 3.52. The quantitative estimate of drug-likeness (QED) is 0.0615. The summed E-state index contributed by atoms with van der Waals surface area (Å²) in [5, 5.41) is 27.3. The van der Waals surface area contributed by atoms with Gasteiger partial charge in [0, 0.05) is 30.8 Å². The first-order valence-electron chi connectivity index (χ1n) is 17.3. The molecule has 1 aromatic rings. The number of nitrogens with zero attached hydrogens (tertiary/aromatic N) is 1. The zero-order valence-electron chi connectivity index (χ0n) is 31.3. The number of aliphatic hydroxyl groups is 1. The fourth-order valence-electron chi connectivity index (χ4n) is 5.56. The number of likely N-dealkylation sites (tertiary alicyclic amines) is 1. The molecule has 8 N–H and O–H groups in total. The van der Waals surface area contributed by atoms with Crippen molar-refractivity contribution in [1.82, 2.24) is 26.3 Å². The molecule has 1 saturated heterocycles. The molecule has 51 heavy (non-hydrogen) atoms. The minimum absolute atomic E-state index is 0.0290. The van der Waals surface area contributed by atoms with Crippen LogP contribution in [0.3, 0.4) is 0 Å². The number of hydrogen-bond donors (Lipinski definition) is 7. The van der Waals surface area contributed by atoms with Gasteiger partial charge < -0.3 is 36.4 Å². The van der Waals surface area contributed by atoms with E-state index in [2.05, 4.69) is 34.8 Å². The molecule has 1 saturated carbocycles. The highest BCUT2D eigenvalue weighted by atomic mass is 16.5. The lowest BCUT2D eigenvalue weighted by Gasteiger charge is -2.38. The molecule has 4 unspecified atom stereocenters. The summed E-state index contributed by atoms with van der Waals surface area (Å²) in [7, 11) is 0. The van der Waals surface area contributed by atoms with Gasteiger partial charge in [-0.2, -0.15) is 0 Å². The summed E-state index contributed by atoms with van der Waals surface area (Å²) in [6.07, 6.45) is 4.04. The molecule has 286 valence electrons. The predicted octanol–water partition coefficient (Wildman–Crippen LogP) is 2.76. The Kier molecular flexibility index (Phi) is 18.6. The van der Waals surface area contributed by atoms with Crippen molar-refractivity contribution in [1.29, 1.82) is 0 Å². The molecular weight excluding hydrogens is 656 g/mol. The van der Waals surface area contributed by atoms with Gasteiger partial charge in [-0.1, -0.05) is 62.8 Å². The molecule has 1 aliphatic heterocycles. The zero-order valence-corrected chi connectivity index (χ0v) is 31.3. The Labute approximate surface area is 302 Å². The molecule has 0 spiro atoms. The molecule has 14 heteroatoms. The Balaban J connectivity index is 0.00000147. The Morgan fingerprint density at radius 2 is 1.61 bits per heavy atom. The van der Waals surface area contributed by atoms with Crippen LogP contribution in [-0.4, -0.2) is 87.7 Å². The van der Waals surface area contributed by atoms with Crippen LogP contribution in [0.1, 0.15) is 98.6 Å². The highest BCUT2D eigenvalue weighted by Gasteiger charge is 2.45. The van der Waals surface area contributed by atoms with E-state index in [1.165, 1.54) is 31.2 Å². The largest absolute Gasteiger partial charge is 0.387 e. The number of ether oxygens (including phenoxy) is 1. The van der Waals surface area contributed by atoms with Crippen molar-refractivity contribution in [3.05, 3.63) is 60.3 Å². The Hall–Kier alpha value is -4.27. The number of carbonyl (C=O) groups is 5. The van der Waals surface area contributed by atoms with E-state index in [1.54, 1.807) is 0 Å². The second-order valence-corrected chi connectivity index (χ2v) is 14.5. The fourth-order valence-corrected chi connectivity index (χ4v) is 5.56. The Bertz CT molecular complexity index is 1320. The Morgan fingerprint density at radius 1 is 1.04 bits per heavy atom. The number of nitrogens with two attached hydrogens (primary N) is 1. The highest BCUT2D eigenvalue weighted by molar-refractivity contribution is 5.96. The third kappa shape index (κ3) is 16.5. The lowest BCUT2D eigenvalue weighted by atomic mass is 9.79. The van der Waals surface area contributed by atoms with Gasteiger partial charge in [0.2, 0.25) is 24.1 Å². The van der Waals surface area contributed by atoms with Crippen molar-refractivity contribution < 1.29 is 39.0 Å². The smallest absolute Gasteiger partial charge is 0.255 e. The summed E-state index contributed by atoms with van der Waals surface area (Å²) in [4.78, 5) is 60.0. The SMILES string of the molecule is C=C(CNC(=O)C(=C)C(CC1CCC1)NC(=O)C1CCCN1C(=O)C(OC(C)(C)C)C(C)(C)O)NC(C)c1ccccc1.CC(N)=O.O=CNO. The second-order valence-electron chi connectivity index (χ2n) is 14.5. The molecule has 4 atom stereocenters. The van der Waals surface area contributed by atoms with Gasteiger partial charge in [-0.3, -0.25) is 29.2 Å². The lowest BCUT2D eigenvalue weighted by Crippen LogP contribution is -2.57. The van der Waals surface area contributed by atoms with E-state index >= 15 is 0 Å². The van der Waals surface area contributed by atoms with E-state index in [9.17, 15) is 24.3 Å².